The molecule has 1 aliphatic heterocycles. The molecular formula is C48H31N6Pt-3. The van der Waals surface area contributed by atoms with Crippen molar-refractivity contribution < 1.29 is 21.1 Å². The van der Waals surface area contributed by atoms with Crippen LogP contribution in [-0.2, 0) is 21.1 Å². The van der Waals surface area contributed by atoms with Gasteiger partial charge in [-0.2, -0.15) is 6.07 Å². The minimum atomic E-state index is 0. The molecule has 10 rings (SSSR count). The fourth-order valence-electron chi connectivity index (χ4n) is 7.44. The number of hydrogen-bond donors (Lipinski definition) is 0. The van der Waals surface area contributed by atoms with Crippen LogP contribution in [0.3, 0.4) is 0 Å². The number of pyridine rings is 1. The summed E-state index contributed by atoms with van der Waals surface area (Å²) in [4.78, 5) is 18.8. The molecule has 6 aromatic carbocycles. The van der Waals surface area contributed by atoms with Crippen LogP contribution in [0, 0.1) is 18.8 Å². The Morgan fingerprint density at radius 2 is 1.15 bits per heavy atom. The summed E-state index contributed by atoms with van der Waals surface area (Å²) in [5.74, 6) is 1.46. The first kappa shape index (κ1) is 34.2. The summed E-state index contributed by atoms with van der Waals surface area (Å²) in [7, 11) is 0. The fourth-order valence-corrected chi connectivity index (χ4v) is 7.44. The number of aromatic nitrogens is 4. The molecule has 0 amide bonds. The van der Waals surface area contributed by atoms with Crippen molar-refractivity contribution in [2.75, 3.05) is 9.80 Å². The molecule has 4 heterocycles. The maximum Gasteiger partial charge on any atom is 0.136 e. The Hall–Kier alpha value is -6.62. The molecule has 0 fully saturated rings. The van der Waals surface area contributed by atoms with Crippen molar-refractivity contribution in [2.24, 2.45) is 0 Å². The fraction of sp³-hybridized carbons (Fsp3) is 0. The number of hydrogen-bond acceptors (Lipinski definition) is 5. The molecule has 6 nitrogen and oxygen atoms in total. The third-order valence-corrected chi connectivity index (χ3v) is 9.83. The van der Waals surface area contributed by atoms with Crippen LogP contribution in [-0.4, -0.2) is 19.5 Å². The summed E-state index contributed by atoms with van der Waals surface area (Å²) in [5.41, 5.74) is 10.7. The first-order valence-corrected chi connectivity index (χ1v) is 17.9. The van der Waals surface area contributed by atoms with E-state index in [-0.39, 0.29) is 21.1 Å². The zero-order valence-corrected chi connectivity index (χ0v) is 31.7. The zero-order chi connectivity index (χ0) is 35.8. The van der Waals surface area contributed by atoms with Gasteiger partial charge in [0.1, 0.15) is 12.1 Å². The third-order valence-electron chi connectivity index (χ3n) is 9.83. The van der Waals surface area contributed by atoms with Gasteiger partial charge in [-0.3, -0.25) is 4.98 Å². The van der Waals surface area contributed by atoms with Crippen molar-refractivity contribution >= 4 is 55.8 Å². The summed E-state index contributed by atoms with van der Waals surface area (Å²) >= 11 is 0. The molecular weight excluding hydrogens is 856 g/mol. The predicted molar refractivity (Wildman–Crippen MR) is 218 cm³/mol. The van der Waals surface area contributed by atoms with Crippen LogP contribution in [0.2, 0.25) is 0 Å². The topological polar surface area (TPSA) is 50.1 Å². The van der Waals surface area contributed by atoms with E-state index in [1.54, 1.807) is 6.33 Å². The van der Waals surface area contributed by atoms with Crippen molar-refractivity contribution in [1.29, 1.82) is 0 Å². The van der Waals surface area contributed by atoms with E-state index in [9.17, 15) is 0 Å². The standard InChI is InChI=1S/C48H31N6.Pt/c1-4-16-34(17-5-1)47(35-18-6-2-7-19-35)48(36-27-28-39-38-22-10-11-23-41(38)54(44(39)30-36)45-26-14-15-29-49-45)40-31-46(51-32-50-40)53-33-52(37-20-8-3-9-21-37)42-24-12-13-25-43(42)53;/h1-29,32-33H;/q-3;. The minimum absolute atomic E-state index is 0. The smallest absolute Gasteiger partial charge is 0.136 e. The van der Waals surface area contributed by atoms with Gasteiger partial charge in [-0.05, 0) is 70.1 Å². The van der Waals surface area contributed by atoms with E-state index in [1.165, 1.54) is 0 Å². The van der Waals surface area contributed by atoms with E-state index < -0.39 is 0 Å². The molecule has 0 unspecified atom stereocenters. The molecule has 0 spiro atoms. The molecule has 0 radical (unpaired) electrons. The molecule has 9 aromatic rings. The van der Waals surface area contributed by atoms with E-state index in [1.807, 2.05) is 42.6 Å². The van der Waals surface area contributed by atoms with Crippen LogP contribution in [0.1, 0.15) is 22.4 Å². The van der Waals surface area contributed by atoms with Crippen molar-refractivity contribution in [1.82, 2.24) is 19.5 Å². The molecule has 0 atom stereocenters. The normalized spacial score (nSPS) is 12.1. The SMILES string of the molecule is [Pt].[c-]1c(C(=C(c2ccccc2)c2ccccc2)c2[c-]c3c(cc2)c2ccccc2n3-c2ccccn2)ncnc1N1[CH-]N(c2ccccc2)c2ccccc21. The Morgan fingerprint density at radius 1 is 0.509 bits per heavy atom. The quantitative estimate of drug-likeness (QED) is 0.118. The molecule has 0 N–H and O–H groups in total. The molecule has 0 aliphatic carbocycles. The number of rotatable bonds is 7. The minimum Gasteiger partial charge on any atom is -0.474 e. The number of anilines is 4. The van der Waals surface area contributed by atoms with Gasteiger partial charge in [-0.15, -0.1) is 30.4 Å². The monoisotopic (exact) mass is 886 g/mol. The molecule has 55 heavy (non-hydrogen) atoms. The van der Waals surface area contributed by atoms with Gasteiger partial charge in [0.15, 0.2) is 0 Å². The maximum atomic E-state index is 4.98. The van der Waals surface area contributed by atoms with E-state index in [2.05, 4.69) is 167 Å². The second kappa shape index (κ2) is 14.7. The molecule has 3 aromatic heterocycles. The van der Waals surface area contributed by atoms with Gasteiger partial charge in [0.2, 0.25) is 0 Å². The molecule has 7 heteroatoms. The van der Waals surface area contributed by atoms with Crippen molar-refractivity contribution in [3.63, 3.8) is 0 Å². The average molecular weight is 887 g/mol. The van der Waals surface area contributed by atoms with Gasteiger partial charge in [0, 0.05) is 55.7 Å². The third kappa shape index (κ3) is 6.11. The molecule has 0 saturated carbocycles. The van der Waals surface area contributed by atoms with Gasteiger partial charge in [0.25, 0.3) is 0 Å². The van der Waals surface area contributed by atoms with Crippen molar-refractivity contribution in [3.8, 4) is 5.82 Å². The summed E-state index contributed by atoms with van der Waals surface area (Å²) in [6, 6.07) is 66.1. The summed E-state index contributed by atoms with van der Waals surface area (Å²) < 4.78 is 2.19. The molecule has 0 bridgehead atoms. The van der Waals surface area contributed by atoms with Crippen LogP contribution in [0.15, 0.2) is 182 Å². The largest absolute Gasteiger partial charge is 0.474 e. The van der Waals surface area contributed by atoms with Crippen LogP contribution in [0.25, 0.3) is 38.8 Å². The van der Waals surface area contributed by atoms with Crippen LogP contribution in [0.5, 0.6) is 0 Å². The Labute approximate surface area is 334 Å². The van der Waals surface area contributed by atoms with Crippen LogP contribution in [0.4, 0.5) is 22.9 Å². The molecule has 266 valence electrons. The van der Waals surface area contributed by atoms with E-state index >= 15 is 0 Å². The van der Waals surface area contributed by atoms with Crippen molar-refractivity contribution in [2.45, 2.75) is 0 Å². The number of benzene rings is 6. The first-order chi connectivity index (χ1) is 26.8. The predicted octanol–water partition coefficient (Wildman–Crippen LogP) is 11.0. The second-order valence-corrected chi connectivity index (χ2v) is 13.0. The molecule has 0 saturated heterocycles. The Bertz CT molecular complexity index is 2760. The van der Waals surface area contributed by atoms with Crippen molar-refractivity contribution in [3.05, 3.63) is 224 Å². The summed E-state index contributed by atoms with van der Waals surface area (Å²) in [6.45, 7) is 2.07. The number of nitrogens with zero attached hydrogens (tertiary/aromatic N) is 6. The zero-order valence-electron chi connectivity index (χ0n) is 29.4. The second-order valence-electron chi connectivity index (χ2n) is 13.0. The van der Waals surface area contributed by atoms with Gasteiger partial charge in [0.05, 0.1) is 0 Å². The summed E-state index contributed by atoms with van der Waals surface area (Å²) in [6.07, 6.45) is 3.47. The van der Waals surface area contributed by atoms with Gasteiger partial charge < -0.3 is 14.4 Å². The summed E-state index contributed by atoms with van der Waals surface area (Å²) in [5, 5.41) is 2.23. The Kier molecular flexibility index (Phi) is 9.11. The van der Waals surface area contributed by atoms with Crippen LogP contribution < -0.4 is 9.80 Å². The van der Waals surface area contributed by atoms with Gasteiger partial charge in [-0.25, -0.2) is 9.97 Å². The van der Waals surface area contributed by atoms with E-state index in [0.717, 1.165) is 72.5 Å². The van der Waals surface area contributed by atoms with E-state index in [4.69, 9.17) is 15.0 Å². The maximum absolute atomic E-state index is 4.98. The Balaban J connectivity index is 0.00000397. The average Bonchev–Trinajstić information content (AvgIpc) is 3.80. The molecule has 1 aliphatic rings. The number of fused-ring (bicyclic) bond motifs is 4. The first-order valence-electron chi connectivity index (χ1n) is 17.9. The number of para-hydroxylation sites is 4. The van der Waals surface area contributed by atoms with Crippen LogP contribution >= 0.6 is 0 Å². The van der Waals surface area contributed by atoms with Gasteiger partial charge in [-0.1, -0.05) is 132 Å². The van der Waals surface area contributed by atoms with E-state index in [0.29, 0.717) is 11.5 Å². The Morgan fingerprint density at radius 3 is 1.85 bits per heavy atom. The van der Waals surface area contributed by atoms with Gasteiger partial charge >= 0.3 is 0 Å².